The number of anilines is 1. The van der Waals surface area contributed by atoms with Crippen molar-refractivity contribution in [1.29, 1.82) is 0 Å². The van der Waals surface area contributed by atoms with Crippen LogP contribution in [0.2, 0.25) is 0 Å². The number of nitrogen functional groups attached to an aromatic ring is 1. The van der Waals surface area contributed by atoms with E-state index in [1.807, 2.05) is 24.3 Å². The number of likely N-dealkylation sites (N-methyl/N-ethyl adjacent to an activating group) is 1. The first kappa shape index (κ1) is 20.2. The van der Waals surface area contributed by atoms with E-state index >= 15 is 0 Å². The summed E-state index contributed by atoms with van der Waals surface area (Å²) in [6.07, 6.45) is 0. The van der Waals surface area contributed by atoms with Gasteiger partial charge in [-0.15, -0.1) is 0 Å². The Labute approximate surface area is 156 Å². The van der Waals surface area contributed by atoms with Gasteiger partial charge in [0.05, 0.1) is 4.90 Å². The SMILES string of the molecule is CCN(CC)CCOc1ccccc1CNS(=O)(=O)c1ccc(N)cc1. The first-order valence-electron chi connectivity index (χ1n) is 8.74. The molecule has 0 fully saturated rings. The highest BCUT2D eigenvalue weighted by atomic mass is 32.2. The fourth-order valence-electron chi connectivity index (χ4n) is 2.52. The van der Waals surface area contributed by atoms with Gasteiger partial charge in [-0.25, -0.2) is 13.1 Å². The summed E-state index contributed by atoms with van der Waals surface area (Å²) in [6, 6.07) is 13.6. The van der Waals surface area contributed by atoms with Gasteiger partial charge >= 0.3 is 0 Å². The normalized spacial score (nSPS) is 11.7. The lowest BCUT2D eigenvalue weighted by Crippen LogP contribution is -2.28. The Morgan fingerprint density at radius 2 is 1.69 bits per heavy atom. The molecule has 0 radical (unpaired) electrons. The molecular formula is C19H27N3O3S. The number of benzene rings is 2. The van der Waals surface area contributed by atoms with Gasteiger partial charge in [0.15, 0.2) is 0 Å². The molecule has 0 aliphatic carbocycles. The summed E-state index contributed by atoms with van der Waals surface area (Å²) in [6.45, 7) is 7.73. The summed E-state index contributed by atoms with van der Waals surface area (Å²) in [5.41, 5.74) is 6.93. The van der Waals surface area contributed by atoms with Gasteiger partial charge in [-0.1, -0.05) is 32.0 Å². The van der Waals surface area contributed by atoms with E-state index in [1.54, 1.807) is 12.1 Å². The van der Waals surface area contributed by atoms with Gasteiger partial charge in [0.2, 0.25) is 10.0 Å². The highest BCUT2D eigenvalue weighted by Crippen LogP contribution is 2.19. The molecule has 0 unspecified atom stereocenters. The Morgan fingerprint density at radius 3 is 2.35 bits per heavy atom. The van der Waals surface area contributed by atoms with Crippen LogP contribution in [0, 0.1) is 0 Å². The fourth-order valence-corrected chi connectivity index (χ4v) is 3.52. The Kier molecular flexibility index (Phi) is 7.44. The molecule has 0 spiro atoms. The van der Waals surface area contributed by atoms with E-state index in [0.29, 0.717) is 18.0 Å². The highest BCUT2D eigenvalue weighted by Gasteiger charge is 2.14. The number of ether oxygens (including phenoxy) is 1. The first-order chi connectivity index (χ1) is 12.5. The lowest BCUT2D eigenvalue weighted by molar-refractivity contribution is 0.221. The molecule has 0 aliphatic rings. The summed E-state index contributed by atoms with van der Waals surface area (Å²) < 4.78 is 33.3. The van der Waals surface area contributed by atoms with Crippen LogP contribution in [0.1, 0.15) is 19.4 Å². The number of nitrogens with zero attached hydrogens (tertiary/aromatic N) is 1. The number of nitrogens with two attached hydrogens (primary N) is 1. The number of nitrogens with one attached hydrogen (secondary N) is 1. The van der Waals surface area contributed by atoms with Crippen LogP contribution >= 0.6 is 0 Å². The van der Waals surface area contributed by atoms with Gasteiger partial charge in [-0.3, -0.25) is 0 Å². The van der Waals surface area contributed by atoms with Crippen LogP contribution in [-0.2, 0) is 16.6 Å². The van der Waals surface area contributed by atoms with Gasteiger partial charge in [0.1, 0.15) is 12.4 Å². The number of sulfonamides is 1. The third-order valence-electron chi connectivity index (χ3n) is 4.18. The van der Waals surface area contributed by atoms with E-state index in [2.05, 4.69) is 23.5 Å². The molecule has 0 saturated heterocycles. The Bertz CT molecular complexity index is 788. The van der Waals surface area contributed by atoms with E-state index in [1.165, 1.54) is 12.1 Å². The molecular weight excluding hydrogens is 350 g/mol. The molecule has 0 bridgehead atoms. The number of para-hydroxylation sites is 1. The zero-order valence-electron chi connectivity index (χ0n) is 15.3. The number of hydrogen-bond donors (Lipinski definition) is 2. The van der Waals surface area contributed by atoms with Crippen LogP contribution in [-0.4, -0.2) is 39.6 Å². The molecule has 6 nitrogen and oxygen atoms in total. The van der Waals surface area contributed by atoms with Crippen molar-refractivity contribution >= 4 is 15.7 Å². The quantitative estimate of drug-likeness (QED) is 0.622. The summed E-state index contributed by atoms with van der Waals surface area (Å²) in [4.78, 5) is 2.46. The van der Waals surface area contributed by atoms with Crippen molar-refractivity contribution in [3.8, 4) is 5.75 Å². The van der Waals surface area contributed by atoms with Crippen molar-refractivity contribution < 1.29 is 13.2 Å². The largest absolute Gasteiger partial charge is 0.492 e. The van der Waals surface area contributed by atoms with Crippen LogP contribution in [0.4, 0.5) is 5.69 Å². The maximum atomic E-state index is 12.4. The molecule has 0 atom stereocenters. The fraction of sp³-hybridized carbons (Fsp3) is 0.368. The van der Waals surface area contributed by atoms with Crippen molar-refractivity contribution in [2.75, 3.05) is 32.0 Å². The molecule has 26 heavy (non-hydrogen) atoms. The Hall–Kier alpha value is -2.09. The first-order valence-corrected chi connectivity index (χ1v) is 10.2. The summed E-state index contributed by atoms with van der Waals surface area (Å²) >= 11 is 0. The van der Waals surface area contributed by atoms with Gasteiger partial charge in [0.25, 0.3) is 0 Å². The van der Waals surface area contributed by atoms with Crippen LogP contribution < -0.4 is 15.2 Å². The van der Waals surface area contributed by atoms with Gasteiger partial charge in [0, 0.05) is 24.3 Å². The van der Waals surface area contributed by atoms with Gasteiger partial charge in [-0.05, 0) is 43.4 Å². The zero-order chi connectivity index (χ0) is 19.0. The Balaban J connectivity index is 2.00. The van der Waals surface area contributed by atoms with Crippen LogP contribution in [0.25, 0.3) is 0 Å². The summed E-state index contributed by atoms with van der Waals surface area (Å²) in [7, 11) is -3.60. The molecule has 3 N–H and O–H groups in total. The van der Waals surface area contributed by atoms with E-state index in [9.17, 15) is 8.42 Å². The van der Waals surface area contributed by atoms with Crippen molar-refractivity contribution in [2.45, 2.75) is 25.3 Å². The van der Waals surface area contributed by atoms with Gasteiger partial charge in [-0.2, -0.15) is 0 Å². The average molecular weight is 378 g/mol. The number of rotatable bonds is 10. The second-order valence-corrected chi connectivity index (χ2v) is 7.64. The maximum absolute atomic E-state index is 12.4. The second-order valence-electron chi connectivity index (χ2n) is 5.88. The lowest BCUT2D eigenvalue weighted by Gasteiger charge is -2.19. The Morgan fingerprint density at radius 1 is 1.04 bits per heavy atom. The molecule has 2 aromatic carbocycles. The molecule has 2 aromatic rings. The molecule has 142 valence electrons. The molecule has 2 rings (SSSR count). The molecule has 0 heterocycles. The minimum atomic E-state index is -3.60. The highest BCUT2D eigenvalue weighted by molar-refractivity contribution is 7.89. The topological polar surface area (TPSA) is 84.7 Å². The summed E-state index contributed by atoms with van der Waals surface area (Å²) in [5, 5.41) is 0. The van der Waals surface area contributed by atoms with E-state index < -0.39 is 10.0 Å². The van der Waals surface area contributed by atoms with Crippen molar-refractivity contribution in [2.24, 2.45) is 0 Å². The van der Waals surface area contributed by atoms with Crippen LogP contribution in [0.5, 0.6) is 5.75 Å². The minimum absolute atomic E-state index is 0.161. The van der Waals surface area contributed by atoms with Crippen molar-refractivity contribution in [3.05, 3.63) is 54.1 Å². The predicted molar refractivity (Wildman–Crippen MR) is 105 cm³/mol. The third kappa shape index (κ3) is 5.72. The van der Waals surface area contributed by atoms with Crippen LogP contribution in [0.15, 0.2) is 53.4 Å². The van der Waals surface area contributed by atoms with Crippen LogP contribution in [0.3, 0.4) is 0 Å². The third-order valence-corrected chi connectivity index (χ3v) is 5.59. The maximum Gasteiger partial charge on any atom is 0.240 e. The molecule has 7 heteroatoms. The standard InChI is InChI=1S/C19H27N3O3S/c1-3-22(4-2)13-14-25-19-8-6-5-7-16(19)15-21-26(23,24)18-11-9-17(20)10-12-18/h5-12,21H,3-4,13-15,20H2,1-2H3. The molecule has 0 saturated carbocycles. The average Bonchev–Trinajstić information content (AvgIpc) is 2.65. The van der Waals surface area contributed by atoms with Crippen molar-refractivity contribution in [3.63, 3.8) is 0 Å². The van der Waals surface area contributed by atoms with E-state index in [-0.39, 0.29) is 11.4 Å². The van der Waals surface area contributed by atoms with E-state index in [0.717, 1.165) is 25.2 Å². The molecule has 0 aliphatic heterocycles. The molecule has 0 amide bonds. The van der Waals surface area contributed by atoms with Gasteiger partial charge < -0.3 is 15.4 Å². The minimum Gasteiger partial charge on any atom is -0.492 e. The smallest absolute Gasteiger partial charge is 0.240 e. The second kappa shape index (κ2) is 9.56. The monoisotopic (exact) mass is 377 g/mol. The number of hydrogen-bond acceptors (Lipinski definition) is 5. The zero-order valence-corrected chi connectivity index (χ0v) is 16.1. The lowest BCUT2D eigenvalue weighted by atomic mass is 10.2. The summed E-state index contributed by atoms with van der Waals surface area (Å²) in [5.74, 6) is 0.694. The van der Waals surface area contributed by atoms with E-state index in [4.69, 9.17) is 10.5 Å². The molecule has 0 aromatic heterocycles. The predicted octanol–water partition coefficient (Wildman–Crippen LogP) is 2.47. The van der Waals surface area contributed by atoms with Crippen molar-refractivity contribution in [1.82, 2.24) is 9.62 Å².